The molecule has 0 atom stereocenters. The Bertz CT molecular complexity index is 817. The van der Waals surface area contributed by atoms with Crippen molar-refractivity contribution in [1.82, 2.24) is 0 Å². The van der Waals surface area contributed by atoms with Gasteiger partial charge in [-0.05, 0) is 58.4 Å². The number of para-hydroxylation sites is 2. The number of benzene rings is 3. The molecule has 0 N–H and O–H groups in total. The number of ether oxygens (including phenoxy) is 1. The van der Waals surface area contributed by atoms with Gasteiger partial charge in [-0.1, -0.05) is 48.0 Å². The third-order valence-corrected chi connectivity index (χ3v) is 4.38. The fraction of sp³-hybridized carbons (Fsp3) is 0.0500. The summed E-state index contributed by atoms with van der Waals surface area (Å²) in [5.74, 6) is 0.401. The number of carbonyl (C=O) groups is 1. The lowest BCUT2D eigenvalue weighted by molar-refractivity contribution is -0.119. The standard InChI is InChI=1S/C20H15BrClNO2/c21-18-13-15(22)11-12-19(18)25-14-20(24)23(16-7-3-1-4-8-16)17-9-5-2-6-10-17/h1-13H,14H2. The van der Waals surface area contributed by atoms with Gasteiger partial charge in [0.15, 0.2) is 6.61 Å². The summed E-state index contributed by atoms with van der Waals surface area (Å²) in [6.45, 7) is -0.0932. The molecule has 5 heteroatoms. The summed E-state index contributed by atoms with van der Waals surface area (Å²) in [6.07, 6.45) is 0. The van der Waals surface area contributed by atoms with Crippen LogP contribution in [0.4, 0.5) is 11.4 Å². The fourth-order valence-corrected chi connectivity index (χ4v) is 3.18. The van der Waals surface area contributed by atoms with Crippen LogP contribution in [0.5, 0.6) is 5.75 Å². The van der Waals surface area contributed by atoms with Crippen LogP contribution in [0.1, 0.15) is 0 Å². The van der Waals surface area contributed by atoms with E-state index in [1.807, 2.05) is 60.7 Å². The van der Waals surface area contributed by atoms with E-state index in [0.717, 1.165) is 11.4 Å². The molecule has 0 unspecified atom stereocenters. The summed E-state index contributed by atoms with van der Waals surface area (Å²) in [5, 5.41) is 0.598. The fourth-order valence-electron chi connectivity index (χ4n) is 2.39. The summed E-state index contributed by atoms with van der Waals surface area (Å²) in [5.41, 5.74) is 1.58. The zero-order valence-electron chi connectivity index (χ0n) is 13.2. The molecule has 0 saturated carbocycles. The highest BCUT2D eigenvalue weighted by Gasteiger charge is 2.18. The Labute approximate surface area is 159 Å². The number of hydrogen-bond donors (Lipinski definition) is 0. The molecule has 3 aromatic carbocycles. The summed E-state index contributed by atoms with van der Waals surface area (Å²) in [6, 6.07) is 24.2. The van der Waals surface area contributed by atoms with Gasteiger partial charge in [-0.15, -0.1) is 0 Å². The molecule has 25 heavy (non-hydrogen) atoms. The lowest BCUT2D eigenvalue weighted by atomic mass is 10.2. The Kier molecular flexibility index (Phi) is 5.74. The summed E-state index contributed by atoms with van der Waals surface area (Å²) in [7, 11) is 0. The molecule has 3 aromatic rings. The van der Waals surface area contributed by atoms with Crippen LogP contribution in [0.3, 0.4) is 0 Å². The molecule has 0 aliphatic rings. The molecule has 0 heterocycles. The largest absolute Gasteiger partial charge is 0.483 e. The van der Waals surface area contributed by atoms with Crippen molar-refractivity contribution in [3.63, 3.8) is 0 Å². The minimum absolute atomic E-state index is 0.0932. The van der Waals surface area contributed by atoms with Crippen molar-refractivity contribution in [2.75, 3.05) is 11.5 Å². The van der Waals surface area contributed by atoms with Gasteiger partial charge in [0, 0.05) is 16.4 Å². The van der Waals surface area contributed by atoms with E-state index in [1.165, 1.54) is 0 Å². The molecule has 0 aliphatic carbocycles. The van der Waals surface area contributed by atoms with Gasteiger partial charge < -0.3 is 4.74 Å². The maximum Gasteiger partial charge on any atom is 0.269 e. The molecule has 0 aliphatic heterocycles. The van der Waals surface area contributed by atoms with Crippen molar-refractivity contribution in [3.8, 4) is 5.75 Å². The van der Waals surface area contributed by atoms with Crippen LogP contribution >= 0.6 is 27.5 Å². The Morgan fingerprint density at radius 3 is 2.00 bits per heavy atom. The number of hydrogen-bond acceptors (Lipinski definition) is 2. The minimum Gasteiger partial charge on any atom is -0.483 e. The van der Waals surface area contributed by atoms with E-state index in [9.17, 15) is 4.79 Å². The van der Waals surface area contributed by atoms with E-state index in [-0.39, 0.29) is 12.5 Å². The molecular weight excluding hydrogens is 402 g/mol. The maximum atomic E-state index is 12.9. The zero-order valence-corrected chi connectivity index (χ0v) is 15.6. The van der Waals surface area contributed by atoms with E-state index < -0.39 is 0 Å². The first-order valence-electron chi connectivity index (χ1n) is 7.66. The average molecular weight is 417 g/mol. The quantitative estimate of drug-likeness (QED) is 0.522. The maximum absolute atomic E-state index is 12.9. The molecule has 126 valence electrons. The van der Waals surface area contributed by atoms with Crippen molar-refractivity contribution in [2.24, 2.45) is 0 Å². The number of anilines is 2. The first kappa shape index (κ1) is 17.5. The second-order valence-electron chi connectivity index (χ2n) is 5.26. The molecule has 1 amide bonds. The van der Waals surface area contributed by atoms with Crippen LogP contribution in [0, 0.1) is 0 Å². The van der Waals surface area contributed by atoms with Gasteiger partial charge in [-0.2, -0.15) is 0 Å². The Hall–Kier alpha value is -2.30. The second-order valence-corrected chi connectivity index (χ2v) is 6.55. The van der Waals surface area contributed by atoms with E-state index in [0.29, 0.717) is 15.2 Å². The second kappa shape index (κ2) is 8.19. The highest BCUT2D eigenvalue weighted by molar-refractivity contribution is 9.10. The molecule has 0 aromatic heterocycles. The monoisotopic (exact) mass is 415 g/mol. The highest BCUT2D eigenvalue weighted by atomic mass is 79.9. The van der Waals surface area contributed by atoms with Gasteiger partial charge in [-0.25, -0.2) is 0 Å². The van der Waals surface area contributed by atoms with Crippen LogP contribution < -0.4 is 9.64 Å². The minimum atomic E-state index is -0.167. The Morgan fingerprint density at radius 2 is 1.48 bits per heavy atom. The lowest BCUT2D eigenvalue weighted by Gasteiger charge is -2.23. The van der Waals surface area contributed by atoms with Crippen molar-refractivity contribution in [3.05, 3.63) is 88.4 Å². The van der Waals surface area contributed by atoms with Gasteiger partial charge >= 0.3 is 0 Å². The lowest BCUT2D eigenvalue weighted by Crippen LogP contribution is -2.30. The number of amides is 1. The summed E-state index contributed by atoms with van der Waals surface area (Å²) >= 11 is 9.32. The number of rotatable bonds is 5. The van der Waals surface area contributed by atoms with Crippen molar-refractivity contribution in [2.45, 2.75) is 0 Å². The van der Waals surface area contributed by atoms with Gasteiger partial charge in [-0.3, -0.25) is 9.69 Å². The van der Waals surface area contributed by atoms with Gasteiger partial charge in [0.1, 0.15) is 5.75 Å². The molecule has 0 bridgehead atoms. The molecule has 0 spiro atoms. The van der Waals surface area contributed by atoms with E-state index in [2.05, 4.69) is 15.9 Å². The first-order chi connectivity index (χ1) is 12.1. The van der Waals surface area contributed by atoms with Crippen molar-refractivity contribution in [1.29, 1.82) is 0 Å². The van der Waals surface area contributed by atoms with Crippen LogP contribution in [-0.4, -0.2) is 12.5 Å². The van der Waals surface area contributed by atoms with Gasteiger partial charge in [0.05, 0.1) is 4.47 Å². The predicted molar refractivity (Wildman–Crippen MR) is 105 cm³/mol. The molecule has 0 fully saturated rings. The van der Waals surface area contributed by atoms with Crippen LogP contribution in [-0.2, 0) is 4.79 Å². The Morgan fingerprint density at radius 1 is 0.920 bits per heavy atom. The molecule has 3 nitrogen and oxygen atoms in total. The van der Waals surface area contributed by atoms with E-state index in [4.69, 9.17) is 16.3 Å². The molecule has 0 saturated heterocycles. The van der Waals surface area contributed by atoms with E-state index >= 15 is 0 Å². The van der Waals surface area contributed by atoms with Gasteiger partial charge in [0.2, 0.25) is 0 Å². The van der Waals surface area contributed by atoms with Crippen molar-refractivity contribution >= 4 is 44.8 Å². The van der Waals surface area contributed by atoms with Crippen molar-refractivity contribution < 1.29 is 9.53 Å². The van der Waals surface area contributed by atoms with Gasteiger partial charge in [0.25, 0.3) is 5.91 Å². The summed E-state index contributed by atoms with van der Waals surface area (Å²) in [4.78, 5) is 14.5. The number of halogens is 2. The normalized spacial score (nSPS) is 10.3. The number of carbonyl (C=O) groups excluding carboxylic acids is 1. The highest BCUT2D eigenvalue weighted by Crippen LogP contribution is 2.29. The summed E-state index contributed by atoms with van der Waals surface area (Å²) < 4.78 is 6.39. The van der Waals surface area contributed by atoms with Crippen LogP contribution in [0.2, 0.25) is 5.02 Å². The SMILES string of the molecule is O=C(COc1ccc(Cl)cc1Br)N(c1ccccc1)c1ccccc1. The number of nitrogens with zero attached hydrogens (tertiary/aromatic N) is 1. The first-order valence-corrected chi connectivity index (χ1v) is 8.83. The third-order valence-electron chi connectivity index (χ3n) is 3.52. The molecule has 3 rings (SSSR count). The van der Waals surface area contributed by atoms with Crippen LogP contribution in [0.25, 0.3) is 0 Å². The van der Waals surface area contributed by atoms with Crippen LogP contribution in [0.15, 0.2) is 83.3 Å². The van der Waals surface area contributed by atoms with E-state index in [1.54, 1.807) is 23.1 Å². The smallest absolute Gasteiger partial charge is 0.269 e. The zero-order chi connectivity index (χ0) is 17.6. The average Bonchev–Trinajstić information content (AvgIpc) is 2.63. The predicted octanol–water partition coefficient (Wildman–Crippen LogP) is 5.85. The molecular formula is C20H15BrClNO2. The molecule has 0 radical (unpaired) electrons. The topological polar surface area (TPSA) is 29.5 Å². The third kappa shape index (κ3) is 4.41. The Balaban J connectivity index is 1.82.